The predicted molar refractivity (Wildman–Crippen MR) is 97.9 cm³/mol. The third-order valence-corrected chi connectivity index (χ3v) is 4.36. The van der Waals surface area contributed by atoms with Crippen LogP contribution in [-0.2, 0) is 6.18 Å². The van der Waals surface area contributed by atoms with E-state index < -0.39 is 30.2 Å². The third kappa shape index (κ3) is 3.87. The highest BCUT2D eigenvalue weighted by molar-refractivity contribution is 5.95. The molecule has 8 heteroatoms. The molecule has 0 aliphatic heterocycles. The van der Waals surface area contributed by atoms with Crippen LogP contribution in [0.15, 0.2) is 42.5 Å². The minimum atomic E-state index is -4.83. The van der Waals surface area contributed by atoms with Crippen molar-refractivity contribution in [3.8, 4) is 5.75 Å². The number of methoxy groups -OCH3 is 1. The van der Waals surface area contributed by atoms with Gasteiger partial charge in [-0.1, -0.05) is 18.2 Å². The van der Waals surface area contributed by atoms with Crippen LogP contribution in [0, 0.1) is 12.7 Å². The van der Waals surface area contributed by atoms with Gasteiger partial charge < -0.3 is 15.2 Å². The number of benzene rings is 2. The van der Waals surface area contributed by atoms with Gasteiger partial charge in [-0.05, 0) is 36.8 Å². The van der Waals surface area contributed by atoms with Gasteiger partial charge >= 0.3 is 6.18 Å². The van der Waals surface area contributed by atoms with Crippen LogP contribution >= 0.6 is 0 Å². The number of para-hydroxylation sites is 1. The summed E-state index contributed by atoms with van der Waals surface area (Å²) >= 11 is 0. The number of anilines is 1. The van der Waals surface area contributed by atoms with Crippen molar-refractivity contribution < 1.29 is 27.4 Å². The topological polar surface area (TPSA) is 54.4 Å². The number of aryl methyl sites for hydroxylation is 1. The average molecular weight is 394 g/mol. The maximum absolute atomic E-state index is 13.6. The van der Waals surface area contributed by atoms with Crippen LogP contribution in [0.25, 0.3) is 10.9 Å². The van der Waals surface area contributed by atoms with Crippen LogP contribution in [0.1, 0.15) is 22.9 Å². The molecule has 0 aliphatic rings. The number of aliphatic hydroxyl groups is 1. The van der Waals surface area contributed by atoms with Crippen molar-refractivity contribution in [1.82, 2.24) is 4.98 Å². The first-order chi connectivity index (χ1) is 13.2. The van der Waals surface area contributed by atoms with E-state index in [1.54, 1.807) is 31.2 Å². The number of nitrogens with zero attached hydrogens (tertiary/aromatic N) is 1. The number of hydrogen-bond donors (Lipinski definition) is 2. The Balaban J connectivity index is 2.05. The molecule has 2 aromatic carbocycles. The van der Waals surface area contributed by atoms with E-state index in [-0.39, 0.29) is 5.56 Å². The molecule has 0 aliphatic carbocycles. The molecule has 1 aromatic heterocycles. The molecule has 1 unspecified atom stereocenters. The number of pyridine rings is 1. The van der Waals surface area contributed by atoms with E-state index in [4.69, 9.17) is 4.74 Å². The van der Waals surface area contributed by atoms with E-state index in [9.17, 15) is 22.7 Å². The number of aromatic nitrogens is 1. The number of hydrogen-bond acceptors (Lipinski definition) is 4. The third-order valence-electron chi connectivity index (χ3n) is 4.36. The van der Waals surface area contributed by atoms with Gasteiger partial charge in [0.25, 0.3) is 0 Å². The first-order valence-corrected chi connectivity index (χ1v) is 8.43. The van der Waals surface area contributed by atoms with Crippen molar-refractivity contribution in [2.24, 2.45) is 0 Å². The Morgan fingerprint density at radius 3 is 2.57 bits per heavy atom. The van der Waals surface area contributed by atoms with Gasteiger partial charge in [-0.2, -0.15) is 13.2 Å². The molecule has 148 valence electrons. The van der Waals surface area contributed by atoms with E-state index in [1.807, 2.05) is 0 Å². The van der Waals surface area contributed by atoms with Crippen LogP contribution in [0.4, 0.5) is 23.2 Å². The molecular formula is C20H18F4N2O2. The maximum Gasteiger partial charge on any atom is 0.419 e. The summed E-state index contributed by atoms with van der Waals surface area (Å²) in [6.07, 6.45) is -4.83. The van der Waals surface area contributed by atoms with Crippen LogP contribution in [0.3, 0.4) is 0 Å². The standard InChI is InChI=1S/C20H18F4N2O2/c1-11-8-16(13-4-3-5-18(28-2)19(13)25-11)26-17(10-27)12-6-7-15(21)14(9-12)20(22,23)24/h3-9,17,27H,10H2,1-2H3,(H,25,26). The average Bonchev–Trinajstić information content (AvgIpc) is 2.65. The Labute approximate surface area is 158 Å². The number of fused-ring (bicyclic) bond motifs is 1. The van der Waals surface area contributed by atoms with Crippen LogP contribution < -0.4 is 10.1 Å². The molecule has 2 N–H and O–H groups in total. The number of nitrogens with one attached hydrogen (secondary N) is 1. The molecule has 4 nitrogen and oxygen atoms in total. The number of alkyl halides is 3. The second-order valence-corrected chi connectivity index (χ2v) is 6.28. The zero-order valence-corrected chi connectivity index (χ0v) is 15.1. The van der Waals surface area contributed by atoms with Gasteiger partial charge in [-0.25, -0.2) is 9.37 Å². The summed E-state index contributed by atoms with van der Waals surface area (Å²) in [7, 11) is 1.51. The largest absolute Gasteiger partial charge is 0.494 e. The molecule has 0 radical (unpaired) electrons. The van der Waals surface area contributed by atoms with Crippen molar-refractivity contribution in [2.45, 2.75) is 19.1 Å². The van der Waals surface area contributed by atoms with Crippen LogP contribution in [0.5, 0.6) is 5.75 Å². The van der Waals surface area contributed by atoms with Gasteiger partial charge in [0.1, 0.15) is 17.1 Å². The zero-order valence-electron chi connectivity index (χ0n) is 15.1. The van der Waals surface area contributed by atoms with Gasteiger partial charge in [0.05, 0.1) is 25.3 Å². The second-order valence-electron chi connectivity index (χ2n) is 6.28. The van der Waals surface area contributed by atoms with E-state index in [0.717, 1.165) is 6.07 Å². The lowest BCUT2D eigenvalue weighted by atomic mass is 10.0. The number of rotatable bonds is 5. The van der Waals surface area contributed by atoms with E-state index >= 15 is 0 Å². The monoisotopic (exact) mass is 394 g/mol. The Morgan fingerprint density at radius 2 is 1.93 bits per heavy atom. The van der Waals surface area contributed by atoms with Crippen molar-refractivity contribution >= 4 is 16.6 Å². The van der Waals surface area contributed by atoms with Gasteiger partial charge in [-0.15, -0.1) is 0 Å². The number of halogens is 4. The lowest BCUT2D eigenvalue weighted by Crippen LogP contribution is -2.17. The Hall–Kier alpha value is -2.87. The summed E-state index contributed by atoms with van der Waals surface area (Å²) in [5.74, 6) is -0.811. The van der Waals surface area contributed by atoms with E-state index in [2.05, 4.69) is 10.3 Å². The molecule has 3 rings (SSSR count). The first kappa shape index (κ1) is 19.9. The minimum absolute atomic E-state index is 0.113. The lowest BCUT2D eigenvalue weighted by Gasteiger charge is -2.21. The predicted octanol–water partition coefficient (Wildman–Crippen LogP) is 4.86. The van der Waals surface area contributed by atoms with Crippen LogP contribution in [-0.4, -0.2) is 23.8 Å². The zero-order chi connectivity index (χ0) is 20.5. The van der Waals surface area contributed by atoms with Gasteiger partial charge in [-0.3, -0.25) is 0 Å². The molecule has 0 saturated heterocycles. The molecule has 3 aromatic rings. The number of ether oxygens (including phenoxy) is 1. The van der Waals surface area contributed by atoms with Gasteiger partial charge in [0.2, 0.25) is 0 Å². The fourth-order valence-electron chi connectivity index (χ4n) is 3.03. The van der Waals surface area contributed by atoms with Crippen LogP contribution in [0.2, 0.25) is 0 Å². The fourth-order valence-corrected chi connectivity index (χ4v) is 3.03. The van der Waals surface area contributed by atoms with E-state index in [0.29, 0.717) is 34.1 Å². The summed E-state index contributed by atoms with van der Waals surface area (Å²) in [5.41, 5.74) is 0.549. The normalized spacial score (nSPS) is 12.8. The Kier molecular flexibility index (Phi) is 5.42. The molecular weight excluding hydrogens is 376 g/mol. The molecule has 1 atom stereocenters. The Bertz CT molecular complexity index is 1010. The fraction of sp³-hybridized carbons (Fsp3) is 0.250. The Morgan fingerprint density at radius 1 is 1.18 bits per heavy atom. The summed E-state index contributed by atoms with van der Waals surface area (Å²) in [6, 6.07) is 8.81. The summed E-state index contributed by atoms with van der Waals surface area (Å²) in [5, 5.41) is 13.5. The second kappa shape index (κ2) is 7.63. The molecule has 28 heavy (non-hydrogen) atoms. The molecule has 0 spiro atoms. The highest BCUT2D eigenvalue weighted by Gasteiger charge is 2.34. The van der Waals surface area contributed by atoms with Gasteiger partial charge in [0, 0.05) is 16.8 Å². The molecule has 1 heterocycles. The molecule has 0 fully saturated rings. The van der Waals surface area contributed by atoms with Crippen molar-refractivity contribution in [1.29, 1.82) is 0 Å². The van der Waals surface area contributed by atoms with Crippen molar-refractivity contribution in [2.75, 3.05) is 19.0 Å². The summed E-state index contributed by atoms with van der Waals surface area (Å²) in [6.45, 7) is 1.28. The highest BCUT2D eigenvalue weighted by Crippen LogP contribution is 2.35. The molecule has 0 amide bonds. The highest BCUT2D eigenvalue weighted by atomic mass is 19.4. The van der Waals surface area contributed by atoms with Gasteiger partial charge in [0.15, 0.2) is 0 Å². The van der Waals surface area contributed by atoms with E-state index in [1.165, 1.54) is 13.2 Å². The SMILES string of the molecule is COc1cccc2c(NC(CO)c3ccc(F)c(C(F)(F)F)c3)cc(C)nc12. The minimum Gasteiger partial charge on any atom is -0.494 e. The summed E-state index contributed by atoms with van der Waals surface area (Å²) < 4.78 is 58.0. The quantitative estimate of drug-likeness (QED) is 0.607. The smallest absolute Gasteiger partial charge is 0.419 e. The summed E-state index contributed by atoms with van der Waals surface area (Å²) in [4.78, 5) is 4.45. The number of aliphatic hydroxyl groups excluding tert-OH is 1. The molecule has 0 bridgehead atoms. The first-order valence-electron chi connectivity index (χ1n) is 8.43. The van der Waals surface area contributed by atoms with Crippen molar-refractivity contribution in [3.63, 3.8) is 0 Å². The molecule has 0 saturated carbocycles. The van der Waals surface area contributed by atoms with Crippen molar-refractivity contribution in [3.05, 3.63) is 65.1 Å². The lowest BCUT2D eigenvalue weighted by molar-refractivity contribution is -0.140. The maximum atomic E-state index is 13.6.